The number of esters is 1. The normalized spacial score (nSPS) is 13.4. The van der Waals surface area contributed by atoms with E-state index in [4.69, 9.17) is 21.1 Å². The van der Waals surface area contributed by atoms with Crippen LogP contribution < -0.4 is 31.3 Å². The lowest BCUT2D eigenvalue weighted by atomic mass is 10.1. The van der Waals surface area contributed by atoms with Gasteiger partial charge in [-0.25, -0.2) is 14.5 Å². The number of halogens is 4. The van der Waals surface area contributed by atoms with E-state index in [0.717, 1.165) is 18.2 Å². The number of aromatic nitrogens is 6. The van der Waals surface area contributed by atoms with Crippen LogP contribution in [-0.2, 0) is 31.2 Å². The molecule has 296 valence electrons. The Labute approximate surface area is 326 Å². The molecule has 1 aliphatic carbocycles. The van der Waals surface area contributed by atoms with E-state index in [1.807, 2.05) is 12.1 Å². The third kappa shape index (κ3) is 11.1. The molecule has 0 radical (unpaired) electrons. The predicted molar refractivity (Wildman–Crippen MR) is 198 cm³/mol. The van der Waals surface area contributed by atoms with Gasteiger partial charge in [0.25, 0.3) is 5.91 Å². The number of hydrogen-bond donors (Lipinski definition) is 5. The molecule has 1 aliphatic rings. The molecule has 1 fully saturated rings. The lowest BCUT2D eigenvalue weighted by molar-refractivity contribution is -0.154. The van der Waals surface area contributed by atoms with Gasteiger partial charge < -0.3 is 36.1 Å². The molecule has 5 N–H and O–H groups in total. The number of carbonyl (C=O) groups excluding carboxylic acids is 4. The summed E-state index contributed by atoms with van der Waals surface area (Å²) in [6, 6.07) is 17.5. The van der Waals surface area contributed by atoms with Gasteiger partial charge in [0.05, 0.1) is 19.2 Å². The van der Waals surface area contributed by atoms with Gasteiger partial charge in [-0.3, -0.25) is 14.4 Å². The van der Waals surface area contributed by atoms with Gasteiger partial charge in [0, 0.05) is 28.5 Å². The second-order valence-corrected chi connectivity index (χ2v) is 13.0. The summed E-state index contributed by atoms with van der Waals surface area (Å²) in [5.41, 5.74) is 1.95. The number of hydrogen-bond acceptors (Lipinski definition) is 13. The average molecular weight is 808 g/mol. The quantitative estimate of drug-likeness (QED) is 0.0749. The van der Waals surface area contributed by atoms with Crippen LogP contribution in [0, 0.1) is 0 Å². The van der Waals surface area contributed by atoms with Crippen molar-refractivity contribution in [3.05, 3.63) is 107 Å². The van der Waals surface area contributed by atoms with E-state index in [2.05, 4.69) is 51.6 Å². The molecule has 2 heterocycles. The number of alkyl halides is 3. The van der Waals surface area contributed by atoms with Crippen LogP contribution in [0.3, 0.4) is 0 Å². The third-order valence-electron chi connectivity index (χ3n) is 8.37. The van der Waals surface area contributed by atoms with Crippen LogP contribution >= 0.6 is 11.6 Å². The Morgan fingerprint density at radius 1 is 0.895 bits per heavy atom. The third-order valence-corrected chi connectivity index (χ3v) is 8.62. The molecule has 2 aromatic heterocycles. The van der Waals surface area contributed by atoms with Gasteiger partial charge in [0.2, 0.25) is 11.9 Å². The maximum atomic E-state index is 13.1. The Balaban J connectivity index is 1.06. The van der Waals surface area contributed by atoms with E-state index < -0.39 is 60.6 Å². The number of ether oxygens (including phenoxy) is 2. The molecule has 21 heteroatoms. The average Bonchev–Trinajstić information content (AvgIpc) is 3.78. The molecule has 0 bridgehead atoms. The second kappa shape index (κ2) is 17.3. The molecule has 3 aromatic carbocycles. The second-order valence-electron chi connectivity index (χ2n) is 12.6. The number of carbonyl (C=O) groups is 4. The Kier molecular flexibility index (Phi) is 12.1. The minimum Gasteiger partial charge on any atom is -0.467 e. The van der Waals surface area contributed by atoms with Gasteiger partial charge in [-0.15, -0.1) is 0 Å². The van der Waals surface area contributed by atoms with E-state index in [-0.39, 0.29) is 17.5 Å². The summed E-state index contributed by atoms with van der Waals surface area (Å²) in [5, 5.41) is 17.8. The zero-order valence-electron chi connectivity index (χ0n) is 29.8. The SMILES string of the molecule is COC(=O)[C@H](CNC(=O)C(=O)Nc1ccc(Cn2cncn2)cc1)NC(=O)c1ccc(Nc2nc(NC3(c4ccc(Cl)cc4)CC3)nc(OCC(F)(F)F)n2)cc1. The van der Waals surface area contributed by atoms with Crippen LogP contribution in [0.25, 0.3) is 0 Å². The fraction of sp³-hybridized carbons (Fsp3) is 0.250. The van der Waals surface area contributed by atoms with Crippen molar-refractivity contribution in [1.29, 1.82) is 0 Å². The molecule has 0 spiro atoms. The van der Waals surface area contributed by atoms with E-state index in [0.29, 0.717) is 35.8 Å². The van der Waals surface area contributed by atoms with Gasteiger partial charge >= 0.3 is 30.0 Å². The molecule has 3 amide bonds. The number of nitrogens with one attached hydrogen (secondary N) is 5. The number of rotatable bonds is 15. The van der Waals surface area contributed by atoms with Crippen LogP contribution in [0.15, 0.2) is 85.5 Å². The Morgan fingerprint density at radius 2 is 1.58 bits per heavy atom. The van der Waals surface area contributed by atoms with Crippen LogP contribution in [0.2, 0.25) is 5.02 Å². The molecular formula is C36H33ClF3N11O6. The summed E-state index contributed by atoms with van der Waals surface area (Å²) >= 11 is 6.03. The van der Waals surface area contributed by atoms with Crippen LogP contribution in [-0.4, -0.2) is 85.9 Å². The summed E-state index contributed by atoms with van der Waals surface area (Å²) in [5.74, 6) is -3.89. The summed E-state index contributed by atoms with van der Waals surface area (Å²) in [6.45, 7) is -1.65. The van der Waals surface area contributed by atoms with E-state index >= 15 is 0 Å². The Morgan fingerprint density at radius 3 is 2.21 bits per heavy atom. The largest absolute Gasteiger partial charge is 0.467 e. The Hall–Kier alpha value is -6.83. The molecule has 6 rings (SSSR count). The zero-order chi connectivity index (χ0) is 40.6. The molecule has 1 saturated carbocycles. The molecule has 5 aromatic rings. The molecular weight excluding hydrogens is 775 g/mol. The maximum Gasteiger partial charge on any atom is 0.422 e. The van der Waals surface area contributed by atoms with Gasteiger partial charge in [0.15, 0.2) is 6.61 Å². The van der Waals surface area contributed by atoms with Gasteiger partial charge in [-0.05, 0) is 72.5 Å². The summed E-state index contributed by atoms with van der Waals surface area (Å²) in [6.07, 6.45) is -0.279. The van der Waals surface area contributed by atoms with Crippen LogP contribution in [0.4, 0.5) is 36.4 Å². The maximum absolute atomic E-state index is 13.1. The van der Waals surface area contributed by atoms with E-state index in [1.54, 1.807) is 47.4 Å². The molecule has 0 saturated heterocycles. The summed E-state index contributed by atoms with van der Waals surface area (Å²) in [4.78, 5) is 66.9. The van der Waals surface area contributed by atoms with Crippen molar-refractivity contribution in [2.45, 2.75) is 37.1 Å². The zero-order valence-corrected chi connectivity index (χ0v) is 30.6. The minimum absolute atomic E-state index is 0.0411. The van der Waals surface area contributed by atoms with Crippen LogP contribution in [0.1, 0.15) is 34.3 Å². The lowest BCUT2D eigenvalue weighted by Crippen LogP contribution is -2.50. The van der Waals surface area contributed by atoms with Gasteiger partial charge in [0.1, 0.15) is 18.7 Å². The monoisotopic (exact) mass is 807 g/mol. The highest BCUT2D eigenvalue weighted by Gasteiger charge is 2.45. The smallest absolute Gasteiger partial charge is 0.422 e. The molecule has 0 aliphatic heterocycles. The Bertz CT molecular complexity index is 2210. The highest BCUT2D eigenvalue weighted by Crippen LogP contribution is 2.48. The van der Waals surface area contributed by atoms with Crippen molar-refractivity contribution in [2.75, 3.05) is 36.2 Å². The standard InChI is InChI=1S/C36H33ClF3N11O6/c1-56-31(55)27(16-42-29(53)30(54)44-25-10-2-21(3-11-25)17-51-20-41-19-43-51)46-28(52)22-4-12-26(13-5-22)45-32-47-33(49-34(48-32)57-18-36(38,39)40)50-35(14-15-35)23-6-8-24(37)9-7-23/h2-13,19-20,27H,14-18H2,1H3,(H,42,53)(H,44,54)(H,46,52)(H2,45,47,48,49,50)/t27-/m0/s1. The lowest BCUT2D eigenvalue weighted by Gasteiger charge is -2.19. The number of anilines is 4. The van der Waals surface area contributed by atoms with Crippen molar-refractivity contribution in [3.63, 3.8) is 0 Å². The van der Waals surface area contributed by atoms with E-state index in [9.17, 15) is 32.3 Å². The van der Waals surface area contributed by atoms with Gasteiger partial charge in [-0.2, -0.15) is 33.2 Å². The minimum atomic E-state index is -4.65. The first-order valence-corrected chi connectivity index (χ1v) is 17.4. The number of benzene rings is 3. The molecule has 57 heavy (non-hydrogen) atoms. The fourth-order valence-corrected chi connectivity index (χ4v) is 5.47. The topological polar surface area (TPSA) is 216 Å². The number of nitrogens with zero attached hydrogens (tertiary/aromatic N) is 6. The van der Waals surface area contributed by atoms with Crippen molar-refractivity contribution >= 4 is 58.6 Å². The van der Waals surface area contributed by atoms with Crippen LogP contribution in [0.5, 0.6) is 6.01 Å². The fourth-order valence-electron chi connectivity index (χ4n) is 5.34. The predicted octanol–water partition coefficient (Wildman–Crippen LogP) is 3.98. The molecule has 17 nitrogen and oxygen atoms in total. The number of methoxy groups -OCH3 is 1. The summed E-state index contributed by atoms with van der Waals surface area (Å²) in [7, 11) is 1.09. The van der Waals surface area contributed by atoms with Crippen molar-refractivity contribution in [3.8, 4) is 6.01 Å². The first kappa shape index (κ1) is 39.9. The van der Waals surface area contributed by atoms with E-state index in [1.165, 1.54) is 30.6 Å². The van der Waals surface area contributed by atoms with Crippen molar-refractivity contribution in [2.24, 2.45) is 0 Å². The number of amides is 3. The van der Waals surface area contributed by atoms with Gasteiger partial charge in [-0.1, -0.05) is 35.9 Å². The highest BCUT2D eigenvalue weighted by molar-refractivity contribution is 6.39. The molecule has 0 unspecified atom stereocenters. The van der Waals surface area contributed by atoms with Crippen molar-refractivity contribution < 1.29 is 41.8 Å². The van der Waals surface area contributed by atoms with Crippen molar-refractivity contribution in [1.82, 2.24) is 40.3 Å². The highest BCUT2D eigenvalue weighted by atomic mass is 35.5. The molecule has 1 atom stereocenters. The first-order chi connectivity index (χ1) is 27.3. The first-order valence-electron chi connectivity index (χ1n) is 17.0. The summed E-state index contributed by atoms with van der Waals surface area (Å²) < 4.78 is 50.1.